The summed E-state index contributed by atoms with van der Waals surface area (Å²) in [6, 6.07) is 9.12. The molecular formula is C20H31N5S. The maximum absolute atomic E-state index is 4.40. The van der Waals surface area contributed by atoms with Crippen molar-refractivity contribution in [2.24, 2.45) is 4.99 Å². The van der Waals surface area contributed by atoms with Gasteiger partial charge in [0.15, 0.2) is 5.96 Å². The van der Waals surface area contributed by atoms with Gasteiger partial charge in [0.05, 0.1) is 5.01 Å². The van der Waals surface area contributed by atoms with E-state index in [2.05, 4.69) is 77.6 Å². The molecule has 142 valence electrons. The highest BCUT2D eigenvalue weighted by molar-refractivity contribution is 7.11. The summed E-state index contributed by atoms with van der Waals surface area (Å²) < 4.78 is 0. The van der Waals surface area contributed by atoms with Gasteiger partial charge in [0.1, 0.15) is 0 Å². The molecule has 1 heterocycles. The number of hydrogen-bond acceptors (Lipinski definition) is 4. The Morgan fingerprint density at radius 2 is 1.96 bits per heavy atom. The highest BCUT2D eigenvalue weighted by Crippen LogP contribution is 2.13. The summed E-state index contributed by atoms with van der Waals surface area (Å²) in [5, 5.41) is 7.95. The minimum atomic E-state index is 0.528. The minimum absolute atomic E-state index is 0.528. The average molecular weight is 374 g/mol. The lowest BCUT2D eigenvalue weighted by Crippen LogP contribution is -2.38. The van der Waals surface area contributed by atoms with Crippen molar-refractivity contribution in [2.75, 3.05) is 20.6 Å². The predicted molar refractivity (Wildman–Crippen MR) is 112 cm³/mol. The van der Waals surface area contributed by atoms with E-state index < -0.39 is 0 Å². The summed E-state index contributed by atoms with van der Waals surface area (Å²) in [4.78, 5) is 12.3. The molecule has 0 spiro atoms. The zero-order chi connectivity index (χ0) is 18.9. The monoisotopic (exact) mass is 373 g/mol. The lowest BCUT2D eigenvalue weighted by Gasteiger charge is -2.23. The number of guanidine groups is 1. The average Bonchev–Trinajstić information content (AvgIpc) is 3.04. The van der Waals surface area contributed by atoms with E-state index in [-0.39, 0.29) is 0 Å². The Balaban J connectivity index is 1.86. The fraction of sp³-hybridized carbons (Fsp3) is 0.500. The molecule has 2 rings (SSSR count). The molecule has 0 aliphatic carbocycles. The zero-order valence-corrected chi connectivity index (χ0v) is 17.4. The Bertz CT molecular complexity index is 708. The van der Waals surface area contributed by atoms with Gasteiger partial charge in [0.2, 0.25) is 0 Å². The number of nitrogens with zero attached hydrogens (tertiary/aromatic N) is 3. The molecule has 6 heteroatoms. The minimum Gasteiger partial charge on any atom is -0.356 e. The molecular weight excluding hydrogens is 342 g/mol. The van der Waals surface area contributed by atoms with Gasteiger partial charge in [-0.15, -0.1) is 11.3 Å². The van der Waals surface area contributed by atoms with Crippen LogP contribution in [0.3, 0.4) is 0 Å². The van der Waals surface area contributed by atoms with Crippen molar-refractivity contribution < 1.29 is 0 Å². The van der Waals surface area contributed by atoms with Gasteiger partial charge in [-0.3, -0.25) is 9.89 Å². The van der Waals surface area contributed by atoms with Gasteiger partial charge in [0, 0.05) is 50.2 Å². The Labute approximate surface area is 161 Å². The summed E-state index contributed by atoms with van der Waals surface area (Å²) >= 11 is 1.75. The number of hydrogen-bond donors (Lipinski definition) is 2. The van der Waals surface area contributed by atoms with Crippen LogP contribution in [0, 0.1) is 6.92 Å². The SMILES string of the molecule is CN=C(NCCc1ncc(C)s1)NCc1ccccc1CN(C)C(C)C. The van der Waals surface area contributed by atoms with Gasteiger partial charge < -0.3 is 10.6 Å². The highest BCUT2D eigenvalue weighted by atomic mass is 32.1. The standard InChI is InChI=1S/C20H31N5S/c1-15(2)25(5)14-18-9-7-6-8-17(18)13-24-20(21-4)22-11-10-19-23-12-16(3)26-19/h6-9,12,15H,10-11,13-14H2,1-5H3,(H2,21,22,24). The van der Waals surface area contributed by atoms with E-state index in [4.69, 9.17) is 0 Å². The van der Waals surface area contributed by atoms with Crippen molar-refractivity contribution in [3.63, 3.8) is 0 Å². The lowest BCUT2D eigenvalue weighted by atomic mass is 10.1. The molecule has 0 bridgehead atoms. The van der Waals surface area contributed by atoms with E-state index in [9.17, 15) is 0 Å². The van der Waals surface area contributed by atoms with Crippen molar-refractivity contribution in [1.82, 2.24) is 20.5 Å². The number of benzene rings is 1. The van der Waals surface area contributed by atoms with E-state index in [1.165, 1.54) is 16.0 Å². The Kier molecular flexibility index (Phi) is 8.06. The van der Waals surface area contributed by atoms with Gasteiger partial charge in [-0.1, -0.05) is 24.3 Å². The van der Waals surface area contributed by atoms with E-state index >= 15 is 0 Å². The normalized spacial score (nSPS) is 12.0. The van der Waals surface area contributed by atoms with Gasteiger partial charge in [-0.05, 0) is 38.9 Å². The second kappa shape index (κ2) is 10.3. The van der Waals surface area contributed by atoms with E-state index in [0.29, 0.717) is 6.04 Å². The van der Waals surface area contributed by atoms with E-state index in [1.807, 2.05) is 6.20 Å². The Hall–Kier alpha value is -1.92. The fourth-order valence-electron chi connectivity index (χ4n) is 2.54. The van der Waals surface area contributed by atoms with Crippen LogP contribution in [0.2, 0.25) is 0 Å². The Morgan fingerprint density at radius 1 is 1.23 bits per heavy atom. The smallest absolute Gasteiger partial charge is 0.191 e. The third-order valence-corrected chi connectivity index (χ3v) is 5.36. The van der Waals surface area contributed by atoms with Crippen LogP contribution in [0.15, 0.2) is 35.5 Å². The maximum atomic E-state index is 4.40. The van der Waals surface area contributed by atoms with Gasteiger partial charge >= 0.3 is 0 Å². The zero-order valence-electron chi connectivity index (χ0n) is 16.5. The van der Waals surface area contributed by atoms with Crippen LogP contribution in [0.25, 0.3) is 0 Å². The summed E-state index contributed by atoms with van der Waals surface area (Å²) in [7, 11) is 3.97. The van der Waals surface area contributed by atoms with Crippen molar-refractivity contribution in [2.45, 2.75) is 46.3 Å². The molecule has 1 aromatic carbocycles. The molecule has 2 N–H and O–H groups in total. The second-order valence-corrected chi connectivity index (χ2v) is 8.06. The summed E-state index contributed by atoms with van der Waals surface area (Å²) in [5.41, 5.74) is 2.66. The summed E-state index contributed by atoms with van der Waals surface area (Å²) in [5.74, 6) is 0.824. The van der Waals surface area contributed by atoms with Crippen LogP contribution in [0.4, 0.5) is 0 Å². The first-order valence-corrected chi connectivity index (χ1v) is 9.94. The quantitative estimate of drug-likeness (QED) is 0.551. The second-order valence-electron chi connectivity index (χ2n) is 6.74. The van der Waals surface area contributed by atoms with E-state index in [1.54, 1.807) is 18.4 Å². The van der Waals surface area contributed by atoms with Crippen molar-refractivity contribution >= 4 is 17.3 Å². The maximum Gasteiger partial charge on any atom is 0.191 e. The molecule has 0 saturated heterocycles. The molecule has 0 radical (unpaired) electrons. The van der Waals surface area contributed by atoms with Crippen LogP contribution in [-0.4, -0.2) is 42.5 Å². The third kappa shape index (κ3) is 6.42. The predicted octanol–water partition coefficient (Wildman–Crippen LogP) is 3.20. The first-order chi connectivity index (χ1) is 12.5. The number of aliphatic imine (C=N–C) groups is 1. The number of rotatable bonds is 8. The molecule has 1 aromatic heterocycles. The molecule has 0 atom stereocenters. The summed E-state index contributed by atoms with van der Waals surface area (Å²) in [6.45, 7) is 9.06. The Morgan fingerprint density at radius 3 is 2.58 bits per heavy atom. The molecule has 2 aromatic rings. The van der Waals surface area contributed by atoms with E-state index in [0.717, 1.165) is 37.0 Å². The van der Waals surface area contributed by atoms with Crippen molar-refractivity contribution in [1.29, 1.82) is 0 Å². The molecule has 0 fully saturated rings. The van der Waals surface area contributed by atoms with Crippen LogP contribution < -0.4 is 10.6 Å². The van der Waals surface area contributed by atoms with Gasteiger partial charge in [-0.2, -0.15) is 0 Å². The van der Waals surface area contributed by atoms with Crippen LogP contribution >= 0.6 is 11.3 Å². The number of thiazole rings is 1. The lowest BCUT2D eigenvalue weighted by molar-refractivity contribution is 0.265. The topological polar surface area (TPSA) is 52.6 Å². The van der Waals surface area contributed by atoms with Crippen molar-refractivity contribution in [3.05, 3.63) is 51.5 Å². The highest BCUT2D eigenvalue weighted by Gasteiger charge is 2.08. The molecule has 0 aliphatic heterocycles. The first-order valence-electron chi connectivity index (χ1n) is 9.12. The van der Waals surface area contributed by atoms with Crippen LogP contribution in [-0.2, 0) is 19.5 Å². The number of aromatic nitrogens is 1. The largest absolute Gasteiger partial charge is 0.356 e. The van der Waals surface area contributed by atoms with Gasteiger partial charge in [-0.25, -0.2) is 4.98 Å². The molecule has 0 amide bonds. The van der Waals surface area contributed by atoms with Gasteiger partial charge in [0.25, 0.3) is 0 Å². The number of nitrogens with one attached hydrogen (secondary N) is 2. The molecule has 5 nitrogen and oxygen atoms in total. The third-order valence-electron chi connectivity index (χ3n) is 4.39. The summed E-state index contributed by atoms with van der Waals surface area (Å²) in [6.07, 6.45) is 2.84. The van der Waals surface area contributed by atoms with Crippen LogP contribution in [0.5, 0.6) is 0 Å². The fourth-order valence-corrected chi connectivity index (χ4v) is 3.33. The molecule has 26 heavy (non-hydrogen) atoms. The van der Waals surface area contributed by atoms with Crippen LogP contribution in [0.1, 0.15) is 34.9 Å². The molecule has 0 saturated carbocycles. The molecule has 0 unspecified atom stereocenters. The number of aryl methyl sites for hydroxylation is 1. The molecule has 0 aliphatic rings. The van der Waals surface area contributed by atoms with Crippen molar-refractivity contribution in [3.8, 4) is 0 Å². The first kappa shape index (κ1) is 20.4.